The van der Waals surface area contributed by atoms with E-state index in [-0.39, 0.29) is 0 Å². The van der Waals surface area contributed by atoms with Crippen molar-refractivity contribution in [3.8, 4) is 0 Å². The van der Waals surface area contributed by atoms with Gasteiger partial charge in [0.25, 0.3) is 0 Å². The average Bonchev–Trinajstić information content (AvgIpc) is 2.98. The van der Waals surface area contributed by atoms with Crippen LogP contribution in [0.25, 0.3) is 0 Å². The first-order chi connectivity index (χ1) is 10.8. The summed E-state index contributed by atoms with van der Waals surface area (Å²) >= 11 is 0. The summed E-state index contributed by atoms with van der Waals surface area (Å²) in [4.78, 5) is 4.26. The maximum Gasteiger partial charge on any atom is 0.191 e. The Balaban J connectivity index is 1.93. The highest BCUT2D eigenvalue weighted by molar-refractivity contribution is 5.79. The molecule has 1 aromatic heterocycles. The monoisotopic (exact) mass is 300 g/mol. The molecule has 0 spiro atoms. The predicted molar refractivity (Wildman–Crippen MR) is 88.7 cm³/mol. The first kappa shape index (κ1) is 16.1. The lowest BCUT2D eigenvalue weighted by Gasteiger charge is -2.12. The van der Waals surface area contributed by atoms with Gasteiger partial charge in [-0.25, -0.2) is 0 Å². The number of rotatable bonds is 6. The molecule has 5 heteroatoms. The Labute approximate surface area is 131 Å². The molecule has 2 aromatic rings. The van der Waals surface area contributed by atoms with Crippen molar-refractivity contribution in [3.63, 3.8) is 0 Å². The Morgan fingerprint density at radius 2 is 1.82 bits per heavy atom. The van der Waals surface area contributed by atoms with Gasteiger partial charge in [0.2, 0.25) is 0 Å². The molecule has 0 saturated heterocycles. The van der Waals surface area contributed by atoms with Crippen LogP contribution in [-0.2, 0) is 25.9 Å². The zero-order chi connectivity index (χ0) is 15.8. The van der Waals surface area contributed by atoms with Crippen molar-refractivity contribution < 1.29 is 4.52 Å². The minimum Gasteiger partial charge on any atom is -0.361 e. The largest absolute Gasteiger partial charge is 0.361 e. The Morgan fingerprint density at radius 1 is 1.09 bits per heavy atom. The van der Waals surface area contributed by atoms with Crippen molar-refractivity contribution >= 4 is 5.96 Å². The standard InChI is InChI=1S/C17H24N4O/c1-4-15-14(16(5-2)22-21-15)12-20-17(18-3)19-11-13-9-7-6-8-10-13/h6-10H,4-5,11-12H2,1-3H3,(H2,18,19,20). The molecule has 0 unspecified atom stereocenters. The third-order valence-electron chi connectivity index (χ3n) is 3.57. The molecule has 5 nitrogen and oxygen atoms in total. The van der Waals surface area contributed by atoms with E-state index in [2.05, 4.69) is 46.8 Å². The number of aryl methyl sites for hydroxylation is 2. The van der Waals surface area contributed by atoms with Crippen LogP contribution in [0, 0.1) is 0 Å². The van der Waals surface area contributed by atoms with Gasteiger partial charge in [0.1, 0.15) is 5.76 Å². The summed E-state index contributed by atoms with van der Waals surface area (Å²) in [6, 6.07) is 10.3. The van der Waals surface area contributed by atoms with E-state index in [9.17, 15) is 0 Å². The van der Waals surface area contributed by atoms with Gasteiger partial charge < -0.3 is 15.2 Å². The lowest BCUT2D eigenvalue weighted by Crippen LogP contribution is -2.36. The summed E-state index contributed by atoms with van der Waals surface area (Å²) < 4.78 is 5.38. The van der Waals surface area contributed by atoms with E-state index < -0.39 is 0 Å². The summed E-state index contributed by atoms with van der Waals surface area (Å²) in [5, 5.41) is 10.8. The molecule has 0 aliphatic heterocycles. The summed E-state index contributed by atoms with van der Waals surface area (Å²) in [5.74, 6) is 1.72. The van der Waals surface area contributed by atoms with Crippen LogP contribution in [0.2, 0.25) is 0 Å². The van der Waals surface area contributed by atoms with Crippen molar-refractivity contribution in [1.82, 2.24) is 15.8 Å². The summed E-state index contributed by atoms with van der Waals surface area (Å²) in [6.07, 6.45) is 1.72. The molecular formula is C17H24N4O. The van der Waals surface area contributed by atoms with Crippen LogP contribution in [0.15, 0.2) is 39.8 Å². The zero-order valence-electron chi connectivity index (χ0n) is 13.5. The maximum atomic E-state index is 5.38. The van der Waals surface area contributed by atoms with Crippen LogP contribution in [0.4, 0.5) is 0 Å². The van der Waals surface area contributed by atoms with Gasteiger partial charge in [0.05, 0.1) is 5.69 Å². The van der Waals surface area contributed by atoms with Crippen molar-refractivity contribution in [1.29, 1.82) is 0 Å². The number of hydrogen-bond acceptors (Lipinski definition) is 3. The fourth-order valence-corrected chi connectivity index (χ4v) is 2.31. The summed E-state index contributed by atoms with van der Waals surface area (Å²) in [6.45, 7) is 5.57. The minimum absolute atomic E-state index is 0.671. The predicted octanol–water partition coefficient (Wildman–Crippen LogP) is 2.66. The molecule has 0 aliphatic carbocycles. The Morgan fingerprint density at radius 3 is 2.45 bits per heavy atom. The highest BCUT2D eigenvalue weighted by Crippen LogP contribution is 2.15. The third kappa shape index (κ3) is 4.10. The highest BCUT2D eigenvalue weighted by atomic mass is 16.5. The van der Waals surface area contributed by atoms with E-state index in [1.54, 1.807) is 7.05 Å². The minimum atomic E-state index is 0.671. The van der Waals surface area contributed by atoms with E-state index in [1.807, 2.05) is 18.2 Å². The molecule has 0 amide bonds. The number of guanidine groups is 1. The molecular weight excluding hydrogens is 276 g/mol. The quantitative estimate of drug-likeness (QED) is 0.636. The lowest BCUT2D eigenvalue weighted by molar-refractivity contribution is 0.380. The van der Waals surface area contributed by atoms with Gasteiger partial charge in [-0.3, -0.25) is 4.99 Å². The molecule has 1 aromatic carbocycles. The van der Waals surface area contributed by atoms with Crippen molar-refractivity contribution in [2.45, 2.75) is 39.8 Å². The molecule has 22 heavy (non-hydrogen) atoms. The number of nitrogens with one attached hydrogen (secondary N) is 2. The Hall–Kier alpha value is -2.30. The van der Waals surface area contributed by atoms with Gasteiger partial charge in [-0.05, 0) is 12.0 Å². The molecule has 0 bridgehead atoms. The number of aromatic nitrogens is 1. The molecule has 0 radical (unpaired) electrons. The molecule has 118 valence electrons. The number of hydrogen-bond donors (Lipinski definition) is 2. The molecule has 0 aliphatic rings. The van der Waals surface area contributed by atoms with Crippen LogP contribution in [0.1, 0.15) is 36.4 Å². The van der Waals surface area contributed by atoms with Crippen LogP contribution in [0.3, 0.4) is 0 Å². The van der Waals surface area contributed by atoms with Crippen LogP contribution < -0.4 is 10.6 Å². The highest BCUT2D eigenvalue weighted by Gasteiger charge is 2.13. The topological polar surface area (TPSA) is 62.5 Å². The molecule has 1 heterocycles. The van der Waals surface area contributed by atoms with E-state index in [0.717, 1.165) is 42.4 Å². The van der Waals surface area contributed by atoms with Gasteiger partial charge in [0, 0.05) is 32.1 Å². The van der Waals surface area contributed by atoms with Gasteiger partial charge >= 0.3 is 0 Å². The molecule has 0 fully saturated rings. The molecule has 0 atom stereocenters. The second kappa shape index (κ2) is 8.22. The first-order valence-electron chi connectivity index (χ1n) is 7.73. The number of benzene rings is 1. The zero-order valence-corrected chi connectivity index (χ0v) is 13.5. The molecule has 2 rings (SSSR count). The first-order valence-corrected chi connectivity index (χ1v) is 7.73. The van der Waals surface area contributed by atoms with Gasteiger partial charge in [-0.15, -0.1) is 0 Å². The summed E-state index contributed by atoms with van der Waals surface area (Å²) in [7, 11) is 1.77. The van der Waals surface area contributed by atoms with Gasteiger partial charge in [-0.1, -0.05) is 49.3 Å². The smallest absolute Gasteiger partial charge is 0.191 e. The van der Waals surface area contributed by atoms with Crippen LogP contribution in [0.5, 0.6) is 0 Å². The number of nitrogens with zero attached hydrogens (tertiary/aromatic N) is 2. The van der Waals surface area contributed by atoms with Crippen LogP contribution >= 0.6 is 0 Å². The molecule has 2 N–H and O–H groups in total. The van der Waals surface area contributed by atoms with E-state index in [0.29, 0.717) is 6.54 Å². The lowest BCUT2D eigenvalue weighted by atomic mass is 10.1. The Kier molecular flexibility index (Phi) is 6.01. The summed E-state index contributed by atoms with van der Waals surface area (Å²) in [5.41, 5.74) is 3.38. The maximum absolute atomic E-state index is 5.38. The van der Waals surface area contributed by atoms with Crippen molar-refractivity contribution in [3.05, 3.63) is 52.9 Å². The van der Waals surface area contributed by atoms with E-state index in [1.165, 1.54) is 5.56 Å². The molecule has 0 saturated carbocycles. The second-order valence-electron chi connectivity index (χ2n) is 5.00. The van der Waals surface area contributed by atoms with Gasteiger partial charge in [0.15, 0.2) is 5.96 Å². The average molecular weight is 300 g/mol. The van der Waals surface area contributed by atoms with E-state index >= 15 is 0 Å². The van der Waals surface area contributed by atoms with Crippen molar-refractivity contribution in [2.24, 2.45) is 4.99 Å². The van der Waals surface area contributed by atoms with E-state index in [4.69, 9.17) is 4.52 Å². The SMILES string of the molecule is CCc1noc(CC)c1CNC(=NC)NCc1ccccc1. The van der Waals surface area contributed by atoms with Gasteiger partial charge in [-0.2, -0.15) is 0 Å². The fourth-order valence-electron chi connectivity index (χ4n) is 2.31. The van der Waals surface area contributed by atoms with Crippen LogP contribution in [-0.4, -0.2) is 18.2 Å². The van der Waals surface area contributed by atoms with Crippen molar-refractivity contribution in [2.75, 3.05) is 7.05 Å². The third-order valence-corrected chi connectivity index (χ3v) is 3.57. The Bertz CT molecular complexity index is 583. The normalized spacial score (nSPS) is 11.5. The number of aliphatic imine (C=N–C) groups is 1. The fraction of sp³-hybridized carbons (Fsp3) is 0.412. The second-order valence-corrected chi connectivity index (χ2v) is 5.00.